The summed E-state index contributed by atoms with van der Waals surface area (Å²) in [6.45, 7) is 4.44. The van der Waals surface area contributed by atoms with Crippen LogP contribution in [0.3, 0.4) is 0 Å². The van der Waals surface area contributed by atoms with Crippen molar-refractivity contribution in [1.82, 2.24) is 4.98 Å². The number of nitrogens with zero attached hydrogens (tertiary/aromatic N) is 1. The summed E-state index contributed by atoms with van der Waals surface area (Å²) in [5.74, 6) is 1.19. The lowest BCUT2D eigenvalue weighted by Gasteiger charge is -2.39. The first-order chi connectivity index (χ1) is 7.10. The van der Waals surface area contributed by atoms with Crippen LogP contribution in [0.2, 0.25) is 0 Å². The van der Waals surface area contributed by atoms with Crippen LogP contribution < -0.4 is 0 Å². The van der Waals surface area contributed by atoms with Gasteiger partial charge in [0.25, 0.3) is 0 Å². The van der Waals surface area contributed by atoms with Crippen LogP contribution in [0.5, 0.6) is 0 Å². The average molecular weight is 205 g/mol. The largest absolute Gasteiger partial charge is 0.385 e. The molecular weight excluding hydrogens is 186 g/mol. The lowest BCUT2D eigenvalue weighted by atomic mass is 9.71. The Labute approximate surface area is 91.4 Å². The molecule has 1 saturated carbocycles. The topological polar surface area (TPSA) is 33.1 Å². The van der Waals surface area contributed by atoms with E-state index in [9.17, 15) is 5.11 Å². The number of aromatic nitrogens is 1. The zero-order valence-electron chi connectivity index (χ0n) is 9.48. The number of rotatable bonds is 1. The highest BCUT2D eigenvalue weighted by Gasteiger charge is 2.37. The highest BCUT2D eigenvalue weighted by molar-refractivity contribution is 5.19. The molecule has 0 radical (unpaired) electrons. The van der Waals surface area contributed by atoms with Gasteiger partial charge in [-0.3, -0.25) is 4.98 Å². The summed E-state index contributed by atoms with van der Waals surface area (Å²) in [6.07, 6.45) is 6.50. The summed E-state index contributed by atoms with van der Waals surface area (Å²) in [6, 6.07) is 3.88. The minimum absolute atomic E-state index is 0.596. The van der Waals surface area contributed by atoms with Crippen LogP contribution in [-0.4, -0.2) is 10.1 Å². The van der Waals surface area contributed by atoms with Crippen molar-refractivity contribution in [3.05, 3.63) is 30.1 Å². The van der Waals surface area contributed by atoms with E-state index in [0.29, 0.717) is 11.8 Å². The Kier molecular flexibility index (Phi) is 2.79. The molecule has 1 aromatic rings. The number of hydrogen-bond donors (Lipinski definition) is 1. The molecule has 1 N–H and O–H groups in total. The van der Waals surface area contributed by atoms with Crippen molar-refractivity contribution in [2.45, 2.75) is 38.7 Å². The fourth-order valence-corrected chi connectivity index (χ4v) is 2.96. The Morgan fingerprint density at radius 1 is 1.33 bits per heavy atom. The Balaban J connectivity index is 2.26. The second-order valence-corrected chi connectivity index (χ2v) is 5.13. The molecule has 0 aliphatic heterocycles. The molecule has 2 rings (SSSR count). The maximum Gasteiger partial charge on any atom is 0.0916 e. The average Bonchev–Trinajstić information content (AvgIpc) is 2.17. The summed E-state index contributed by atoms with van der Waals surface area (Å²) < 4.78 is 0. The molecular formula is C13H19NO. The number of aliphatic hydroxyl groups is 1. The van der Waals surface area contributed by atoms with Crippen LogP contribution in [0.25, 0.3) is 0 Å². The van der Waals surface area contributed by atoms with E-state index in [-0.39, 0.29) is 0 Å². The van der Waals surface area contributed by atoms with Gasteiger partial charge in [-0.1, -0.05) is 19.9 Å². The van der Waals surface area contributed by atoms with Crippen molar-refractivity contribution >= 4 is 0 Å². The summed E-state index contributed by atoms with van der Waals surface area (Å²) in [7, 11) is 0. The molecule has 2 nitrogen and oxygen atoms in total. The van der Waals surface area contributed by atoms with Crippen LogP contribution in [0, 0.1) is 11.8 Å². The fraction of sp³-hybridized carbons (Fsp3) is 0.615. The van der Waals surface area contributed by atoms with E-state index in [2.05, 4.69) is 18.8 Å². The molecule has 1 fully saturated rings. The van der Waals surface area contributed by atoms with Crippen LogP contribution in [0.15, 0.2) is 24.5 Å². The second-order valence-electron chi connectivity index (χ2n) is 5.13. The summed E-state index contributed by atoms with van der Waals surface area (Å²) >= 11 is 0. The highest BCUT2D eigenvalue weighted by atomic mass is 16.3. The van der Waals surface area contributed by atoms with Gasteiger partial charge in [-0.15, -0.1) is 0 Å². The quantitative estimate of drug-likeness (QED) is 0.764. The van der Waals surface area contributed by atoms with Crippen molar-refractivity contribution in [3.8, 4) is 0 Å². The van der Waals surface area contributed by atoms with Crippen LogP contribution in [0.4, 0.5) is 0 Å². The molecule has 0 aromatic carbocycles. The molecule has 0 saturated heterocycles. The SMILES string of the molecule is CC1CC(C)CC(O)(c2cccnc2)C1. The Morgan fingerprint density at radius 3 is 2.53 bits per heavy atom. The Bertz CT molecular complexity index is 313. The molecule has 82 valence electrons. The molecule has 0 bridgehead atoms. The molecule has 15 heavy (non-hydrogen) atoms. The van der Waals surface area contributed by atoms with Gasteiger partial charge in [-0.2, -0.15) is 0 Å². The molecule has 1 aromatic heterocycles. The van der Waals surface area contributed by atoms with E-state index >= 15 is 0 Å². The number of pyridine rings is 1. The van der Waals surface area contributed by atoms with E-state index in [1.807, 2.05) is 12.1 Å². The van der Waals surface area contributed by atoms with E-state index in [4.69, 9.17) is 0 Å². The monoisotopic (exact) mass is 205 g/mol. The number of hydrogen-bond acceptors (Lipinski definition) is 2. The van der Waals surface area contributed by atoms with Crippen molar-refractivity contribution in [2.75, 3.05) is 0 Å². The minimum Gasteiger partial charge on any atom is -0.385 e. The van der Waals surface area contributed by atoms with E-state index in [0.717, 1.165) is 18.4 Å². The maximum absolute atomic E-state index is 10.6. The summed E-state index contributed by atoms with van der Waals surface area (Å²) in [5, 5.41) is 10.6. The normalized spacial score (nSPS) is 36.5. The van der Waals surface area contributed by atoms with Crippen LogP contribution in [-0.2, 0) is 5.60 Å². The zero-order valence-corrected chi connectivity index (χ0v) is 9.48. The Hall–Kier alpha value is -0.890. The first kappa shape index (κ1) is 10.6. The van der Waals surface area contributed by atoms with Gasteiger partial charge in [-0.25, -0.2) is 0 Å². The van der Waals surface area contributed by atoms with Crippen molar-refractivity contribution in [2.24, 2.45) is 11.8 Å². The van der Waals surface area contributed by atoms with Gasteiger partial charge >= 0.3 is 0 Å². The fourth-order valence-electron chi connectivity index (χ4n) is 2.96. The van der Waals surface area contributed by atoms with Crippen molar-refractivity contribution in [1.29, 1.82) is 0 Å². The third-order valence-corrected chi connectivity index (χ3v) is 3.38. The lowest BCUT2D eigenvalue weighted by Crippen LogP contribution is -2.35. The van der Waals surface area contributed by atoms with Gasteiger partial charge in [-0.05, 0) is 37.2 Å². The molecule has 2 atom stereocenters. The minimum atomic E-state index is -0.647. The highest BCUT2D eigenvalue weighted by Crippen LogP contribution is 2.41. The first-order valence-electron chi connectivity index (χ1n) is 5.73. The Morgan fingerprint density at radius 2 is 2.00 bits per heavy atom. The van der Waals surface area contributed by atoms with E-state index < -0.39 is 5.60 Å². The molecule has 1 heterocycles. The van der Waals surface area contributed by atoms with Crippen molar-refractivity contribution < 1.29 is 5.11 Å². The smallest absolute Gasteiger partial charge is 0.0916 e. The van der Waals surface area contributed by atoms with Gasteiger partial charge in [0.15, 0.2) is 0 Å². The van der Waals surface area contributed by atoms with Gasteiger partial charge in [0.1, 0.15) is 0 Å². The summed E-state index contributed by atoms with van der Waals surface area (Å²) in [5.41, 5.74) is 0.328. The zero-order chi connectivity index (χ0) is 10.9. The van der Waals surface area contributed by atoms with Crippen molar-refractivity contribution in [3.63, 3.8) is 0 Å². The first-order valence-corrected chi connectivity index (χ1v) is 5.73. The van der Waals surface area contributed by atoms with E-state index in [1.54, 1.807) is 12.4 Å². The maximum atomic E-state index is 10.6. The van der Waals surface area contributed by atoms with Crippen LogP contribution in [0.1, 0.15) is 38.7 Å². The molecule has 2 unspecified atom stereocenters. The lowest BCUT2D eigenvalue weighted by molar-refractivity contribution is -0.0365. The van der Waals surface area contributed by atoms with E-state index in [1.165, 1.54) is 6.42 Å². The second kappa shape index (κ2) is 3.93. The molecule has 2 heteroatoms. The third-order valence-electron chi connectivity index (χ3n) is 3.38. The molecule has 0 spiro atoms. The van der Waals surface area contributed by atoms with Gasteiger partial charge in [0, 0.05) is 18.0 Å². The molecule has 0 amide bonds. The third kappa shape index (κ3) is 2.20. The standard InChI is InChI=1S/C13H19NO/c1-10-6-11(2)8-13(15,7-10)12-4-3-5-14-9-12/h3-5,9-11,15H,6-8H2,1-2H3. The predicted octanol–water partition coefficient (Wildman–Crippen LogP) is 2.73. The summed E-state index contributed by atoms with van der Waals surface area (Å²) in [4.78, 5) is 4.10. The molecule has 1 aliphatic rings. The van der Waals surface area contributed by atoms with Crippen LogP contribution >= 0.6 is 0 Å². The van der Waals surface area contributed by atoms with Gasteiger partial charge < -0.3 is 5.11 Å². The molecule has 1 aliphatic carbocycles. The van der Waals surface area contributed by atoms with Gasteiger partial charge in [0.2, 0.25) is 0 Å². The predicted molar refractivity (Wildman–Crippen MR) is 60.3 cm³/mol. The van der Waals surface area contributed by atoms with Gasteiger partial charge in [0.05, 0.1) is 5.60 Å².